The van der Waals surface area contributed by atoms with Crippen LogP contribution in [0.3, 0.4) is 0 Å². The summed E-state index contributed by atoms with van der Waals surface area (Å²) in [6.45, 7) is 0.415. The zero-order chi connectivity index (χ0) is 24.4. The van der Waals surface area contributed by atoms with Crippen molar-refractivity contribution in [2.75, 3.05) is 13.2 Å². The number of hydrogen-bond acceptors (Lipinski definition) is 4. The van der Waals surface area contributed by atoms with E-state index < -0.39 is 17.6 Å². The number of amides is 2. The summed E-state index contributed by atoms with van der Waals surface area (Å²) in [5.41, 5.74) is 4.00. The fourth-order valence-corrected chi connectivity index (χ4v) is 5.75. The number of hydrogen-bond donors (Lipinski definition) is 3. The summed E-state index contributed by atoms with van der Waals surface area (Å²) >= 11 is 0. The second-order valence-corrected chi connectivity index (χ2v) is 10.2. The normalized spacial score (nSPS) is 18.9. The van der Waals surface area contributed by atoms with Gasteiger partial charge in [0.25, 0.3) is 0 Å². The third-order valence-corrected chi connectivity index (χ3v) is 8.05. The predicted molar refractivity (Wildman–Crippen MR) is 131 cm³/mol. The number of carboxylic acids is 1. The van der Waals surface area contributed by atoms with Crippen LogP contribution in [0.4, 0.5) is 4.79 Å². The molecule has 35 heavy (non-hydrogen) atoms. The SMILES string of the molecule is O=C(O)CC1(NC(=O)C(CNC(=O)OCC2c3ccccc3-c3ccccc32)C2CCC2)CCC1. The summed E-state index contributed by atoms with van der Waals surface area (Å²) in [4.78, 5) is 37.0. The van der Waals surface area contributed by atoms with Crippen molar-refractivity contribution >= 4 is 18.0 Å². The Hall–Kier alpha value is -3.35. The molecule has 3 aliphatic carbocycles. The van der Waals surface area contributed by atoms with E-state index >= 15 is 0 Å². The zero-order valence-electron chi connectivity index (χ0n) is 19.8. The monoisotopic (exact) mass is 476 g/mol. The second-order valence-electron chi connectivity index (χ2n) is 10.2. The summed E-state index contributed by atoms with van der Waals surface area (Å²) in [5, 5.41) is 15.1. The first-order valence-corrected chi connectivity index (χ1v) is 12.6. The first-order valence-electron chi connectivity index (χ1n) is 12.6. The van der Waals surface area contributed by atoms with Crippen LogP contribution < -0.4 is 10.6 Å². The van der Waals surface area contributed by atoms with E-state index in [1.165, 1.54) is 11.1 Å². The Morgan fingerprint density at radius 2 is 1.60 bits per heavy atom. The van der Waals surface area contributed by atoms with Crippen LogP contribution in [-0.2, 0) is 14.3 Å². The minimum atomic E-state index is -0.901. The van der Waals surface area contributed by atoms with Gasteiger partial charge in [-0.15, -0.1) is 0 Å². The van der Waals surface area contributed by atoms with Gasteiger partial charge in [-0.3, -0.25) is 9.59 Å². The Morgan fingerprint density at radius 3 is 2.11 bits per heavy atom. The topological polar surface area (TPSA) is 105 Å². The van der Waals surface area contributed by atoms with Crippen LogP contribution in [0.2, 0.25) is 0 Å². The number of carboxylic acid groups (broad SMARTS) is 1. The lowest BCUT2D eigenvalue weighted by atomic mass is 9.72. The molecular formula is C28H32N2O5. The lowest BCUT2D eigenvalue weighted by Crippen LogP contribution is -2.58. The highest BCUT2D eigenvalue weighted by atomic mass is 16.5. The summed E-state index contributed by atoms with van der Waals surface area (Å²) in [6, 6.07) is 16.4. The smallest absolute Gasteiger partial charge is 0.407 e. The summed E-state index contributed by atoms with van der Waals surface area (Å²) in [5.74, 6) is -1.26. The number of carbonyl (C=O) groups is 3. The molecule has 3 N–H and O–H groups in total. The van der Waals surface area contributed by atoms with Crippen molar-refractivity contribution in [2.45, 2.75) is 56.4 Å². The summed E-state index contributed by atoms with van der Waals surface area (Å²) in [7, 11) is 0. The van der Waals surface area contributed by atoms with Gasteiger partial charge in [-0.1, -0.05) is 55.0 Å². The lowest BCUT2D eigenvalue weighted by molar-refractivity contribution is -0.141. The van der Waals surface area contributed by atoms with Gasteiger partial charge in [-0.25, -0.2) is 4.79 Å². The molecule has 3 aliphatic rings. The first kappa shape index (κ1) is 23.4. The average Bonchev–Trinajstić information content (AvgIpc) is 3.11. The molecule has 7 nitrogen and oxygen atoms in total. The van der Waals surface area contributed by atoms with Gasteiger partial charge in [-0.05, 0) is 60.3 Å². The minimum Gasteiger partial charge on any atom is -0.481 e. The van der Waals surface area contributed by atoms with Gasteiger partial charge in [0.2, 0.25) is 5.91 Å². The predicted octanol–water partition coefficient (Wildman–Crippen LogP) is 4.46. The molecule has 2 aromatic rings. The number of rotatable bonds is 9. The van der Waals surface area contributed by atoms with Crippen LogP contribution >= 0.6 is 0 Å². The molecule has 1 unspecified atom stereocenters. The Morgan fingerprint density at radius 1 is 0.971 bits per heavy atom. The van der Waals surface area contributed by atoms with E-state index in [-0.39, 0.29) is 43.2 Å². The van der Waals surface area contributed by atoms with E-state index in [1.807, 2.05) is 24.3 Å². The molecule has 0 aromatic heterocycles. The Labute approximate surface area is 205 Å². The van der Waals surface area contributed by atoms with Gasteiger partial charge in [0, 0.05) is 12.5 Å². The maximum atomic E-state index is 13.1. The van der Waals surface area contributed by atoms with Crippen molar-refractivity contribution in [3.8, 4) is 11.1 Å². The van der Waals surface area contributed by atoms with Crippen molar-refractivity contribution in [1.29, 1.82) is 0 Å². The van der Waals surface area contributed by atoms with Crippen molar-refractivity contribution < 1.29 is 24.2 Å². The third-order valence-electron chi connectivity index (χ3n) is 8.05. The molecule has 2 saturated carbocycles. The zero-order valence-corrected chi connectivity index (χ0v) is 19.8. The summed E-state index contributed by atoms with van der Waals surface area (Å²) < 4.78 is 5.63. The number of fused-ring (bicyclic) bond motifs is 3. The third kappa shape index (κ3) is 4.77. The Kier molecular flexibility index (Phi) is 6.50. The van der Waals surface area contributed by atoms with Crippen LogP contribution in [0.1, 0.15) is 62.0 Å². The molecule has 0 heterocycles. The van der Waals surface area contributed by atoms with E-state index in [0.29, 0.717) is 12.8 Å². The van der Waals surface area contributed by atoms with E-state index in [1.54, 1.807) is 0 Å². The average molecular weight is 477 g/mol. The minimum absolute atomic E-state index is 0.0200. The second kappa shape index (κ2) is 9.72. The first-order chi connectivity index (χ1) is 17.0. The lowest BCUT2D eigenvalue weighted by Gasteiger charge is -2.43. The van der Waals surface area contributed by atoms with Crippen LogP contribution in [0, 0.1) is 11.8 Å². The van der Waals surface area contributed by atoms with E-state index in [2.05, 4.69) is 34.9 Å². The van der Waals surface area contributed by atoms with Crippen molar-refractivity contribution in [1.82, 2.24) is 10.6 Å². The van der Waals surface area contributed by atoms with Crippen LogP contribution in [0.5, 0.6) is 0 Å². The number of ether oxygens (including phenoxy) is 1. The number of carbonyl (C=O) groups excluding carboxylic acids is 2. The molecule has 184 valence electrons. The number of nitrogens with one attached hydrogen (secondary N) is 2. The summed E-state index contributed by atoms with van der Waals surface area (Å²) in [6.07, 6.45) is 4.64. The van der Waals surface area contributed by atoms with Crippen LogP contribution in [0.15, 0.2) is 48.5 Å². The molecule has 0 bridgehead atoms. The molecule has 2 aromatic carbocycles. The fraction of sp³-hybridized carbons (Fsp3) is 0.464. The van der Waals surface area contributed by atoms with Crippen LogP contribution in [-0.4, -0.2) is 41.8 Å². The molecule has 0 saturated heterocycles. The van der Waals surface area contributed by atoms with Crippen molar-refractivity contribution in [2.24, 2.45) is 11.8 Å². The van der Waals surface area contributed by atoms with Crippen LogP contribution in [0.25, 0.3) is 11.1 Å². The Bertz CT molecular complexity index is 1080. The number of aliphatic carboxylic acids is 1. The maximum absolute atomic E-state index is 13.1. The maximum Gasteiger partial charge on any atom is 0.407 e. The number of alkyl carbamates (subject to hydrolysis) is 1. The molecule has 2 fully saturated rings. The van der Waals surface area contributed by atoms with Gasteiger partial charge < -0.3 is 20.5 Å². The molecule has 0 aliphatic heterocycles. The molecule has 7 heteroatoms. The van der Waals surface area contributed by atoms with Gasteiger partial charge >= 0.3 is 12.1 Å². The molecule has 1 atom stereocenters. The van der Waals surface area contributed by atoms with Gasteiger partial charge in [0.15, 0.2) is 0 Å². The Balaban J connectivity index is 1.19. The molecule has 0 radical (unpaired) electrons. The van der Waals surface area contributed by atoms with E-state index in [0.717, 1.165) is 36.8 Å². The number of benzene rings is 2. The molecular weight excluding hydrogens is 444 g/mol. The van der Waals surface area contributed by atoms with E-state index in [9.17, 15) is 19.5 Å². The van der Waals surface area contributed by atoms with E-state index in [4.69, 9.17) is 4.74 Å². The highest BCUT2D eigenvalue weighted by Gasteiger charge is 2.43. The quantitative estimate of drug-likeness (QED) is 0.496. The molecule has 0 spiro atoms. The highest BCUT2D eigenvalue weighted by Crippen LogP contribution is 2.44. The molecule has 5 rings (SSSR count). The largest absolute Gasteiger partial charge is 0.481 e. The molecule has 2 amide bonds. The van der Waals surface area contributed by atoms with Gasteiger partial charge in [0.05, 0.1) is 17.9 Å². The van der Waals surface area contributed by atoms with Crippen molar-refractivity contribution in [3.05, 3.63) is 59.7 Å². The van der Waals surface area contributed by atoms with Gasteiger partial charge in [-0.2, -0.15) is 0 Å². The van der Waals surface area contributed by atoms with Crippen molar-refractivity contribution in [3.63, 3.8) is 0 Å². The highest BCUT2D eigenvalue weighted by molar-refractivity contribution is 5.82. The standard InChI is InChI=1S/C28H32N2O5/c31-25(32)15-28(13-6-14-28)30-26(33)23(18-7-5-8-18)16-29-27(34)35-17-24-21-11-3-1-9-19(21)20-10-2-4-12-22(20)24/h1-4,9-12,18,23-24H,5-8,13-17H2,(H,29,34)(H,30,33)(H,31,32). The van der Waals surface area contributed by atoms with Gasteiger partial charge in [0.1, 0.15) is 6.61 Å². The fourth-order valence-electron chi connectivity index (χ4n) is 5.75.